The van der Waals surface area contributed by atoms with Crippen LogP contribution in [0.3, 0.4) is 0 Å². The summed E-state index contributed by atoms with van der Waals surface area (Å²) in [4.78, 5) is 11.1. The Morgan fingerprint density at radius 2 is 2.27 bits per heavy atom. The number of aryl methyl sites for hydroxylation is 1. The Balaban J connectivity index is 2.62. The van der Waals surface area contributed by atoms with E-state index in [-0.39, 0.29) is 11.2 Å². The number of thioether (sulfide) groups is 1. The van der Waals surface area contributed by atoms with Crippen molar-refractivity contribution < 1.29 is 5.11 Å². The summed E-state index contributed by atoms with van der Waals surface area (Å²) >= 11 is 1.76. The fraction of sp³-hybridized carbons (Fsp3) is 0.500. The van der Waals surface area contributed by atoms with Gasteiger partial charge in [-0.05, 0) is 6.92 Å². The van der Waals surface area contributed by atoms with Crippen LogP contribution in [0.2, 0.25) is 0 Å². The molecule has 84 valence electrons. The molecule has 3 N–H and O–H groups in total. The summed E-state index contributed by atoms with van der Waals surface area (Å²) in [6.45, 7) is 3.20. The third kappa shape index (κ3) is 3.28. The molecule has 15 heavy (non-hydrogen) atoms. The summed E-state index contributed by atoms with van der Waals surface area (Å²) in [5, 5.41) is 9.43. The zero-order valence-corrected chi connectivity index (χ0v) is 9.59. The number of aromatic nitrogens is 1. The molecule has 0 amide bonds. The number of hydrogen-bond acceptors (Lipinski definition) is 4. The number of pyridine rings is 1. The Morgan fingerprint density at radius 1 is 1.53 bits per heavy atom. The quantitative estimate of drug-likeness (QED) is 0.722. The Bertz CT molecular complexity index is 376. The van der Waals surface area contributed by atoms with Crippen molar-refractivity contribution >= 4 is 11.8 Å². The van der Waals surface area contributed by atoms with Crippen molar-refractivity contribution in [3.63, 3.8) is 0 Å². The average molecular weight is 228 g/mol. The first kappa shape index (κ1) is 12.1. The van der Waals surface area contributed by atoms with Crippen LogP contribution in [0.5, 0.6) is 5.75 Å². The van der Waals surface area contributed by atoms with E-state index < -0.39 is 0 Å². The number of nitrogens with zero attached hydrogens (tertiary/aromatic N) is 1. The topological polar surface area (TPSA) is 68.2 Å². The molecule has 4 nitrogen and oxygen atoms in total. The normalized spacial score (nSPS) is 10.5. The van der Waals surface area contributed by atoms with Crippen molar-refractivity contribution in [2.75, 3.05) is 18.1 Å². The van der Waals surface area contributed by atoms with E-state index in [4.69, 9.17) is 5.73 Å². The van der Waals surface area contributed by atoms with Crippen molar-refractivity contribution in [2.45, 2.75) is 13.5 Å². The van der Waals surface area contributed by atoms with Gasteiger partial charge in [0.25, 0.3) is 0 Å². The predicted molar refractivity (Wildman–Crippen MR) is 63.5 cm³/mol. The van der Waals surface area contributed by atoms with Crippen LogP contribution in [0.1, 0.15) is 5.69 Å². The molecule has 0 saturated carbocycles. The Labute approximate surface area is 93.1 Å². The Hall–Kier alpha value is -0.940. The van der Waals surface area contributed by atoms with Crippen molar-refractivity contribution in [3.05, 3.63) is 28.2 Å². The van der Waals surface area contributed by atoms with Gasteiger partial charge in [0.1, 0.15) is 0 Å². The van der Waals surface area contributed by atoms with E-state index in [0.717, 1.165) is 18.1 Å². The summed E-state index contributed by atoms with van der Waals surface area (Å²) in [5.41, 5.74) is 5.67. The van der Waals surface area contributed by atoms with E-state index in [0.29, 0.717) is 12.2 Å². The first-order valence-electron chi connectivity index (χ1n) is 4.83. The third-order valence-electron chi connectivity index (χ3n) is 2.15. The molecule has 0 radical (unpaired) electrons. The van der Waals surface area contributed by atoms with Gasteiger partial charge in [-0.25, -0.2) is 0 Å². The lowest BCUT2D eigenvalue weighted by molar-refractivity contribution is 0.454. The molecule has 0 unspecified atom stereocenters. The number of hydrogen-bond donors (Lipinski definition) is 2. The van der Waals surface area contributed by atoms with E-state index in [9.17, 15) is 9.90 Å². The summed E-state index contributed by atoms with van der Waals surface area (Å²) in [6, 6.07) is 1.38. The second-order valence-electron chi connectivity index (χ2n) is 3.21. The molecule has 0 saturated heterocycles. The summed E-state index contributed by atoms with van der Waals surface area (Å²) in [7, 11) is 0. The highest BCUT2D eigenvalue weighted by Gasteiger charge is 2.04. The molecular formula is C10H16N2O2S. The molecule has 0 aliphatic carbocycles. The summed E-state index contributed by atoms with van der Waals surface area (Å²) in [6.07, 6.45) is 1.71. The smallest absolute Gasteiger partial charge is 0.223 e. The maximum Gasteiger partial charge on any atom is 0.223 e. The maximum absolute atomic E-state index is 11.1. The lowest BCUT2D eigenvalue weighted by Crippen LogP contribution is -2.12. The van der Waals surface area contributed by atoms with Gasteiger partial charge in [-0.15, -0.1) is 0 Å². The lowest BCUT2D eigenvalue weighted by Gasteiger charge is -2.10. The summed E-state index contributed by atoms with van der Waals surface area (Å²) < 4.78 is 1.88. The van der Waals surface area contributed by atoms with Gasteiger partial charge in [-0.3, -0.25) is 4.79 Å². The minimum absolute atomic E-state index is 0.152. The van der Waals surface area contributed by atoms with Crippen molar-refractivity contribution in [3.8, 4) is 5.75 Å². The molecular weight excluding hydrogens is 212 g/mol. The molecule has 1 aromatic heterocycles. The monoisotopic (exact) mass is 228 g/mol. The SMILES string of the molecule is Cc1c(O)c(=O)ccn1CCSCCN. The zero-order chi connectivity index (χ0) is 11.3. The van der Waals surface area contributed by atoms with Crippen molar-refractivity contribution in [2.24, 2.45) is 5.73 Å². The van der Waals surface area contributed by atoms with Gasteiger partial charge in [0.2, 0.25) is 5.43 Å². The first-order chi connectivity index (χ1) is 7.16. The van der Waals surface area contributed by atoms with Gasteiger partial charge in [-0.2, -0.15) is 11.8 Å². The molecule has 0 aromatic carbocycles. The number of aromatic hydroxyl groups is 1. The first-order valence-corrected chi connectivity index (χ1v) is 5.99. The van der Waals surface area contributed by atoms with E-state index in [1.165, 1.54) is 6.07 Å². The molecule has 1 heterocycles. The highest BCUT2D eigenvalue weighted by molar-refractivity contribution is 7.99. The average Bonchev–Trinajstić information content (AvgIpc) is 2.24. The van der Waals surface area contributed by atoms with Crippen molar-refractivity contribution in [1.29, 1.82) is 0 Å². The minimum Gasteiger partial charge on any atom is -0.503 e. The lowest BCUT2D eigenvalue weighted by atomic mass is 10.3. The molecule has 0 fully saturated rings. The van der Waals surface area contributed by atoms with Crippen LogP contribution in [-0.4, -0.2) is 27.7 Å². The van der Waals surface area contributed by atoms with Crippen LogP contribution in [0, 0.1) is 6.92 Å². The van der Waals surface area contributed by atoms with Gasteiger partial charge < -0.3 is 15.4 Å². The minimum atomic E-state index is -0.321. The molecule has 0 spiro atoms. The maximum atomic E-state index is 11.1. The predicted octanol–water partition coefficient (Wildman–Crippen LogP) is 0.554. The van der Waals surface area contributed by atoms with Gasteiger partial charge in [0.15, 0.2) is 5.75 Å². The molecule has 1 rings (SSSR count). The molecule has 0 bridgehead atoms. The molecule has 0 aliphatic rings. The molecule has 0 aliphatic heterocycles. The van der Waals surface area contributed by atoms with Crippen LogP contribution in [-0.2, 0) is 6.54 Å². The Morgan fingerprint density at radius 3 is 2.93 bits per heavy atom. The highest BCUT2D eigenvalue weighted by Crippen LogP contribution is 2.10. The molecule has 5 heteroatoms. The van der Waals surface area contributed by atoms with E-state index >= 15 is 0 Å². The standard InChI is InChI=1S/C10H16N2O2S/c1-8-10(14)9(13)2-4-12(8)5-7-15-6-3-11/h2,4,14H,3,5-7,11H2,1H3. The zero-order valence-electron chi connectivity index (χ0n) is 8.77. The van der Waals surface area contributed by atoms with Gasteiger partial charge in [0, 0.05) is 36.9 Å². The fourth-order valence-corrected chi connectivity index (χ4v) is 1.95. The van der Waals surface area contributed by atoms with Crippen LogP contribution >= 0.6 is 11.8 Å². The van der Waals surface area contributed by atoms with Crippen LogP contribution in [0.4, 0.5) is 0 Å². The molecule has 1 aromatic rings. The van der Waals surface area contributed by atoms with Crippen LogP contribution in [0.25, 0.3) is 0 Å². The van der Waals surface area contributed by atoms with Crippen LogP contribution in [0.15, 0.2) is 17.1 Å². The largest absolute Gasteiger partial charge is 0.503 e. The second-order valence-corrected chi connectivity index (χ2v) is 4.43. The highest BCUT2D eigenvalue weighted by atomic mass is 32.2. The van der Waals surface area contributed by atoms with Gasteiger partial charge in [0.05, 0.1) is 5.69 Å². The van der Waals surface area contributed by atoms with Gasteiger partial charge >= 0.3 is 0 Å². The fourth-order valence-electron chi connectivity index (χ4n) is 1.25. The Kier molecular flexibility index (Phi) is 4.71. The van der Waals surface area contributed by atoms with E-state index in [2.05, 4.69) is 0 Å². The van der Waals surface area contributed by atoms with E-state index in [1.807, 2.05) is 4.57 Å². The van der Waals surface area contributed by atoms with Crippen LogP contribution < -0.4 is 11.2 Å². The summed E-state index contributed by atoms with van der Waals surface area (Å²) in [5.74, 6) is 1.72. The molecule has 0 atom stereocenters. The second kappa shape index (κ2) is 5.82. The van der Waals surface area contributed by atoms with Crippen molar-refractivity contribution in [1.82, 2.24) is 4.57 Å². The van der Waals surface area contributed by atoms with E-state index in [1.54, 1.807) is 24.9 Å². The number of rotatable bonds is 5. The van der Waals surface area contributed by atoms with Gasteiger partial charge in [-0.1, -0.05) is 0 Å². The third-order valence-corrected chi connectivity index (χ3v) is 3.15. The number of nitrogens with two attached hydrogens (primary N) is 1.